The van der Waals surface area contributed by atoms with Gasteiger partial charge in [-0.3, -0.25) is 4.79 Å². The highest BCUT2D eigenvalue weighted by Crippen LogP contribution is 2.52. The van der Waals surface area contributed by atoms with Crippen LogP contribution < -0.4 is 4.90 Å². The zero-order chi connectivity index (χ0) is 25.0. The number of alkyl halides is 2. The van der Waals surface area contributed by atoms with Crippen molar-refractivity contribution in [1.29, 1.82) is 0 Å². The first-order valence-corrected chi connectivity index (χ1v) is 13.7. The van der Waals surface area contributed by atoms with Gasteiger partial charge in [-0.1, -0.05) is 0 Å². The molecule has 0 radical (unpaired) electrons. The number of rotatable bonds is 7. The third-order valence-electron chi connectivity index (χ3n) is 7.74. The van der Waals surface area contributed by atoms with Gasteiger partial charge in [0.1, 0.15) is 16.8 Å². The molecule has 2 aliphatic carbocycles. The zero-order valence-corrected chi connectivity index (χ0v) is 21.5. The third-order valence-corrected chi connectivity index (χ3v) is 9.61. The summed E-state index contributed by atoms with van der Waals surface area (Å²) in [6.07, 6.45) is 0.803. The predicted molar refractivity (Wildman–Crippen MR) is 126 cm³/mol. The molecule has 1 saturated heterocycles. The van der Waals surface area contributed by atoms with Gasteiger partial charge < -0.3 is 9.80 Å². The van der Waals surface area contributed by atoms with Gasteiger partial charge in [0, 0.05) is 50.8 Å². The van der Waals surface area contributed by atoms with E-state index in [0.29, 0.717) is 18.9 Å². The third kappa shape index (κ3) is 4.55. The summed E-state index contributed by atoms with van der Waals surface area (Å²) >= 11 is 0. The molecule has 0 N–H and O–H groups in total. The Morgan fingerprint density at radius 1 is 1.26 bits per heavy atom. The maximum Gasteiger partial charge on any atom is 0.248 e. The van der Waals surface area contributed by atoms with E-state index in [2.05, 4.69) is 4.98 Å². The molecule has 0 bridgehead atoms. The second-order valence-electron chi connectivity index (χ2n) is 10.4. The number of anilines is 1. The van der Waals surface area contributed by atoms with Gasteiger partial charge in [-0.15, -0.1) is 0 Å². The number of hydrogen-bond donors (Lipinski definition) is 0. The molecule has 3 atom stereocenters. The summed E-state index contributed by atoms with van der Waals surface area (Å²) in [5, 5.41) is 0. The van der Waals surface area contributed by atoms with Gasteiger partial charge in [-0.05, 0) is 70.9 Å². The van der Waals surface area contributed by atoms with E-state index in [-0.39, 0.29) is 60.4 Å². The van der Waals surface area contributed by atoms with Crippen LogP contribution in [-0.2, 0) is 14.8 Å². The molecular formula is C24H36F2N4O3S. The molecule has 1 aromatic rings. The number of aryl methyl sites for hydroxylation is 1. The Labute approximate surface area is 201 Å². The van der Waals surface area contributed by atoms with E-state index in [9.17, 15) is 22.0 Å². The fourth-order valence-corrected chi connectivity index (χ4v) is 7.42. The number of pyridine rings is 1. The van der Waals surface area contributed by atoms with E-state index in [1.807, 2.05) is 32.6 Å². The SMILES string of the molecule is CCN(c1nc(C)ccc1S(=O)(=O)N1CC2CC2[C@H]1C(=O)N(C)C1CCC(F)(F)CC1)C(C)C. The number of carbonyl (C=O) groups is 1. The van der Waals surface area contributed by atoms with Crippen molar-refractivity contribution in [3.63, 3.8) is 0 Å². The van der Waals surface area contributed by atoms with Crippen molar-refractivity contribution < 1.29 is 22.0 Å². The minimum atomic E-state index is -3.99. The lowest BCUT2D eigenvalue weighted by atomic mass is 9.91. The standard InChI is InChI=1S/C24H36F2N4O3S/c1-6-29(15(2)3)22-20(8-7-16(4)27-22)34(32,33)30-14-17-13-19(17)21(30)23(31)28(5)18-9-11-24(25,26)12-10-18/h7-8,15,17-19,21H,6,9-14H2,1-5H3/t17?,19?,21-/m0/s1. The summed E-state index contributed by atoms with van der Waals surface area (Å²) in [7, 11) is -2.36. The van der Waals surface area contributed by atoms with Crippen LogP contribution >= 0.6 is 0 Å². The molecule has 7 nitrogen and oxygen atoms in total. The number of fused-ring (bicyclic) bond motifs is 1. The molecule has 10 heteroatoms. The fraction of sp³-hybridized carbons (Fsp3) is 0.750. The molecule has 2 saturated carbocycles. The second-order valence-corrected chi connectivity index (χ2v) is 12.2. The summed E-state index contributed by atoms with van der Waals surface area (Å²) in [6, 6.07) is 2.25. The number of piperidine rings is 1. The zero-order valence-electron chi connectivity index (χ0n) is 20.7. The van der Waals surface area contributed by atoms with Crippen molar-refractivity contribution in [3.8, 4) is 0 Å². The Hall–Kier alpha value is -1.81. The molecule has 2 unspecified atom stereocenters. The molecule has 1 aromatic heterocycles. The van der Waals surface area contributed by atoms with E-state index in [1.54, 1.807) is 19.2 Å². The predicted octanol–water partition coefficient (Wildman–Crippen LogP) is 3.67. The summed E-state index contributed by atoms with van der Waals surface area (Å²) < 4.78 is 56.5. The highest BCUT2D eigenvalue weighted by atomic mass is 32.2. The van der Waals surface area contributed by atoms with Crippen LogP contribution in [-0.4, -0.2) is 72.7 Å². The minimum absolute atomic E-state index is 0.0102. The largest absolute Gasteiger partial charge is 0.353 e. The molecule has 0 spiro atoms. The van der Waals surface area contributed by atoms with Gasteiger partial charge in [0.2, 0.25) is 21.9 Å². The van der Waals surface area contributed by atoms with Gasteiger partial charge in [0.15, 0.2) is 0 Å². The van der Waals surface area contributed by atoms with Gasteiger partial charge in [0.25, 0.3) is 0 Å². The van der Waals surface area contributed by atoms with E-state index < -0.39 is 22.0 Å². The van der Waals surface area contributed by atoms with Crippen LogP contribution in [0, 0.1) is 18.8 Å². The van der Waals surface area contributed by atoms with Gasteiger partial charge in [0.05, 0.1) is 0 Å². The van der Waals surface area contributed by atoms with Crippen LogP contribution in [0.2, 0.25) is 0 Å². The first-order valence-electron chi connectivity index (χ1n) is 12.3. The lowest BCUT2D eigenvalue weighted by Gasteiger charge is -2.37. The van der Waals surface area contributed by atoms with Crippen molar-refractivity contribution in [2.24, 2.45) is 11.8 Å². The average Bonchev–Trinajstić information content (AvgIpc) is 3.42. The van der Waals surface area contributed by atoms with Crippen LogP contribution in [0.25, 0.3) is 0 Å². The first-order chi connectivity index (χ1) is 15.9. The summed E-state index contributed by atoms with van der Waals surface area (Å²) in [6.45, 7) is 8.67. The normalized spacial score (nSPS) is 27.0. The summed E-state index contributed by atoms with van der Waals surface area (Å²) in [5.74, 6) is -2.39. The number of hydrogen-bond acceptors (Lipinski definition) is 5. The van der Waals surface area contributed by atoms with Crippen LogP contribution in [0.3, 0.4) is 0 Å². The summed E-state index contributed by atoms with van der Waals surface area (Å²) in [5.41, 5.74) is 0.721. The number of halogens is 2. The molecule has 4 rings (SSSR count). The van der Waals surface area contributed by atoms with Gasteiger partial charge in [-0.2, -0.15) is 4.31 Å². The van der Waals surface area contributed by atoms with Crippen LogP contribution in [0.5, 0.6) is 0 Å². The highest BCUT2D eigenvalue weighted by molar-refractivity contribution is 7.89. The van der Waals surface area contributed by atoms with Crippen LogP contribution in [0.4, 0.5) is 14.6 Å². The Morgan fingerprint density at radius 3 is 2.50 bits per heavy atom. The lowest BCUT2D eigenvalue weighted by Crippen LogP contribution is -2.52. The van der Waals surface area contributed by atoms with E-state index in [0.717, 1.165) is 12.1 Å². The average molecular weight is 499 g/mol. The summed E-state index contributed by atoms with van der Waals surface area (Å²) in [4.78, 5) is 21.8. The molecular weight excluding hydrogens is 462 g/mol. The van der Waals surface area contributed by atoms with Crippen molar-refractivity contribution in [2.75, 3.05) is 25.0 Å². The molecule has 1 aliphatic heterocycles. The topological polar surface area (TPSA) is 73.8 Å². The Kier molecular flexibility index (Phi) is 6.70. The molecule has 34 heavy (non-hydrogen) atoms. The number of carbonyl (C=O) groups excluding carboxylic acids is 1. The Balaban J connectivity index is 1.63. The van der Waals surface area contributed by atoms with Gasteiger partial charge >= 0.3 is 0 Å². The van der Waals surface area contributed by atoms with E-state index in [1.165, 1.54) is 9.21 Å². The molecule has 0 aromatic carbocycles. The van der Waals surface area contributed by atoms with Crippen molar-refractivity contribution in [1.82, 2.24) is 14.2 Å². The first kappa shape index (κ1) is 25.3. The van der Waals surface area contributed by atoms with E-state index in [4.69, 9.17) is 0 Å². The number of amides is 1. The monoisotopic (exact) mass is 498 g/mol. The lowest BCUT2D eigenvalue weighted by molar-refractivity contribution is -0.138. The maximum atomic E-state index is 14.0. The quantitative estimate of drug-likeness (QED) is 0.574. The smallest absolute Gasteiger partial charge is 0.248 e. The Bertz CT molecular complexity index is 1040. The maximum absolute atomic E-state index is 14.0. The number of sulfonamides is 1. The molecule has 3 aliphatic rings. The van der Waals surface area contributed by atoms with Crippen molar-refractivity contribution in [3.05, 3.63) is 17.8 Å². The molecule has 1 amide bonds. The molecule has 2 heterocycles. The fourth-order valence-electron chi connectivity index (χ4n) is 5.60. The van der Waals surface area contributed by atoms with E-state index >= 15 is 0 Å². The number of nitrogens with zero attached hydrogens (tertiary/aromatic N) is 4. The molecule has 190 valence electrons. The number of likely N-dealkylation sites (N-methyl/N-ethyl adjacent to an activating group) is 1. The van der Waals surface area contributed by atoms with Crippen LogP contribution in [0.1, 0.15) is 58.6 Å². The Morgan fingerprint density at radius 2 is 1.91 bits per heavy atom. The van der Waals surface area contributed by atoms with Crippen LogP contribution in [0.15, 0.2) is 17.0 Å². The van der Waals surface area contributed by atoms with Crippen molar-refractivity contribution >= 4 is 21.7 Å². The minimum Gasteiger partial charge on any atom is -0.353 e. The number of aromatic nitrogens is 1. The second kappa shape index (κ2) is 9.00. The molecule has 3 fully saturated rings. The highest BCUT2D eigenvalue weighted by Gasteiger charge is 2.60. The van der Waals surface area contributed by atoms with Gasteiger partial charge in [-0.25, -0.2) is 22.2 Å². The van der Waals surface area contributed by atoms with Crippen molar-refractivity contribution in [2.45, 2.75) is 88.7 Å².